The van der Waals surface area contributed by atoms with Crippen LogP contribution in [0, 0.1) is 0 Å². The van der Waals surface area contributed by atoms with Crippen LogP contribution in [0.5, 0.6) is 5.75 Å². The van der Waals surface area contributed by atoms with Crippen molar-refractivity contribution in [3.8, 4) is 5.75 Å². The van der Waals surface area contributed by atoms with Crippen LogP contribution >= 0.6 is 11.6 Å². The van der Waals surface area contributed by atoms with Gasteiger partial charge in [-0.25, -0.2) is 9.59 Å². The highest BCUT2D eigenvalue weighted by Gasteiger charge is 2.33. The summed E-state index contributed by atoms with van der Waals surface area (Å²) in [5, 5.41) is 14.7. The number of methoxy groups -OCH3 is 1. The maximum Gasteiger partial charge on any atom is 0.329 e. The molecule has 0 aliphatic carbocycles. The molecule has 0 aliphatic heterocycles. The lowest BCUT2D eigenvalue weighted by Crippen LogP contribution is -2.53. The van der Waals surface area contributed by atoms with Gasteiger partial charge < -0.3 is 20.5 Å². The van der Waals surface area contributed by atoms with Gasteiger partial charge in [0.2, 0.25) is 0 Å². The predicted molar refractivity (Wildman–Crippen MR) is 81.1 cm³/mol. The highest BCUT2D eigenvalue weighted by Crippen LogP contribution is 2.27. The lowest BCUT2D eigenvalue weighted by atomic mass is 9.97. The van der Waals surface area contributed by atoms with Gasteiger partial charge >= 0.3 is 12.0 Å². The van der Waals surface area contributed by atoms with E-state index in [1.165, 1.54) is 20.1 Å². The number of ether oxygens (including phenoxy) is 1. The number of hydrogen-bond acceptors (Lipinski definition) is 3. The third-order valence-electron chi connectivity index (χ3n) is 3.02. The third kappa shape index (κ3) is 4.53. The zero-order valence-corrected chi connectivity index (χ0v) is 13.0. The Morgan fingerprint density at radius 2 is 2.10 bits per heavy atom. The Labute approximate surface area is 128 Å². The Balaban J connectivity index is 2.86. The van der Waals surface area contributed by atoms with Crippen LogP contribution in [0.2, 0.25) is 5.02 Å². The van der Waals surface area contributed by atoms with E-state index >= 15 is 0 Å². The number of carbonyl (C=O) groups excluding carboxylic acids is 1. The summed E-state index contributed by atoms with van der Waals surface area (Å²) in [5.41, 5.74) is -0.961. The van der Waals surface area contributed by atoms with Crippen LogP contribution in [-0.4, -0.2) is 29.8 Å². The van der Waals surface area contributed by atoms with Crippen molar-refractivity contribution in [2.45, 2.75) is 32.2 Å². The Kier molecular flexibility index (Phi) is 5.84. The van der Waals surface area contributed by atoms with Gasteiger partial charge in [0.1, 0.15) is 11.3 Å². The monoisotopic (exact) mass is 314 g/mol. The van der Waals surface area contributed by atoms with Gasteiger partial charge in [0, 0.05) is 5.02 Å². The SMILES string of the molecule is CCCC(C)(NC(=O)Nc1cc(Cl)ccc1OC)C(=O)O. The minimum atomic E-state index is -1.33. The van der Waals surface area contributed by atoms with E-state index in [-0.39, 0.29) is 0 Å². The summed E-state index contributed by atoms with van der Waals surface area (Å²) in [5.74, 6) is -0.653. The number of benzene rings is 1. The van der Waals surface area contributed by atoms with E-state index in [0.29, 0.717) is 29.3 Å². The van der Waals surface area contributed by atoms with Crippen molar-refractivity contribution in [1.82, 2.24) is 5.32 Å². The number of halogens is 1. The first-order valence-electron chi connectivity index (χ1n) is 6.48. The van der Waals surface area contributed by atoms with Gasteiger partial charge in [-0.05, 0) is 31.5 Å². The minimum Gasteiger partial charge on any atom is -0.495 e. The Bertz CT molecular complexity index is 536. The normalized spacial score (nSPS) is 13.1. The van der Waals surface area contributed by atoms with Crippen LogP contribution in [0.4, 0.5) is 10.5 Å². The van der Waals surface area contributed by atoms with Crippen molar-refractivity contribution in [3.63, 3.8) is 0 Å². The van der Waals surface area contributed by atoms with Gasteiger partial charge in [0.25, 0.3) is 0 Å². The first-order valence-corrected chi connectivity index (χ1v) is 6.86. The molecule has 7 heteroatoms. The summed E-state index contributed by atoms with van der Waals surface area (Å²) in [6, 6.07) is 4.13. The molecule has 3 N–H and O–H groups in total. The van der Waals surface area contributed by atoms with Gasteiger partial charge in [0.05, 0.1) is 12.8 Å². The van der Waals surface area contributed by atoms with Crippen LogP contribution in [0.1, 0.15) is 26.7 Å². The summed E-state index contributed by atoms with van der Waals surface area (Å²) < 4.78 is 5.11. The molecule has 0 fully saturated rings. The zero-order chi connectivity index (χ0) is 16.0. The topological polar surface area (TPSA) is 87.7 Å². The van der Waals surface area contributed by atoms with Crippen LogP contribution in [-0.2, 0) is 4.79 Å². The minimum absolute atomic E-state index is 0.322. The van der Waals surface area contributed by atoms with E-state index in [9.17, 15) is 14.7 Å². The Morgan fingerprint density at radius 1 is 1.43 bits per heavy atom. The number of aliphatic carboxylic acids is 1. The molecule has 1 rings (SSSR count). The molecule has 116 valence electrons. The highest BCUT2D eigenvalue weighted by atomic mass is 35.5. The second-order valence-electron chi connectivity index (χ2n) is 4.81. The fourth-order valence-electron chi connectivity index (χ4n) is 1.90. The Hall–Kier alpha value is -1.95. The van der Waals surface area contributed by atoms with Gasteiger partial charge in [-0.15, -0.1) is 0 Å². The van der Waals surface area contributed by atoms with Crippen LogP contribution in [0.25, 0.3) is 0 Å². The van der Waals surface area contributed by atoms with Crippen molar-refractivity contribution in [3.05, 3.63) is 23.2 Å². The molecule has 0 aliphatic rings. The summed E-state index contributed by atoms with van der Waals surface area (Å²) in [6.45, 7) is 3.31. The van der Waals surface area contributed by atoms with E-state index in [1.807, 2.05) is 6.92 Å². The average molecular weight is 315 g/mol. The molecule has 0 saturated carbocycles. The molecule has 0 spiro atoms. The lowest BCUT2D eigenvalue weighted by Gasteiger charge is -2.26. The molecule has 0 radical (unpaired) electrons. The first kappa shape index (κ1) is 17.1. The molecule has 2 amide bonds. The van der Waals surface area contributed by atoms with Gasteiger partial charge in [0.15, 0.2) is 0 Å². The van der Waals surface area contributed by atoms with Crippen molar-refractivity contribution in [2.75, 3.05) is 12.4 Å². The van der Waals surface area contributed by atoms with E-state index in [0.717, 1.165) is 0 Å². The number of carbonyl (C=O) groups is 2. The number of carboxylic acids is 1. The highest BCUT2D eigenvalue weighted by molar-refractivity contribution is 6.31. The number of nitrogens with one attached hydrogen (secondary N) is 2. The van der Waals surface area contributed by atoms with Crippen LogP contribution in [0.3, 0.4) is 0 Å². The molecule has 0 saturated heterocycles. The molecule has 1 aromatic rings. The van der Waals surface area contributed by atoms with Crippen LogP contribution in [0.15, 0.2) is 18.2 Å². The number of amides is 2. The van der Waals surface area contributed by atoms with E-state index in [4.69, 9.17) is 16.3 Å². The van der Waals surface area contributed by atoms with Crippen molar-refractivity contribution in [2.24, 2.45) is 0 Å². The number of carboxylic acid groups (broad SMARTS) is 1. The molecular formula is C14H19ClN2O4. The molecule has 21 heavy (non-hydrogen) atoms. The Morgan fingerprint density at radius 3 is 2.62 bits per heavy atom. The maximum atomic E-state index is 12.0. The van der Waals surface area contributed by atoms with E-state index < -0.39 is 17.5 Å². The summed E-state index contributed by atoms with van der Waals surface area (Å²) in [6.07, 6.45) is 0.950. The number of rotatable bonds is 6. The maximum absolute atomic E-state index is 12.0. The van der Waals surface area contributed by atoms with Crippen molar-refractivity contribution < 1.29 is 19.4 Å². The summed E-state index contributed by atoms with van der Waals surface area (Å²) in [7, 11) is 1.46. The fraction of sp³-hybridized carbons (Fsp3) is 0.429. The van der Waals surface area contributed by atoms with Crippen molar-refractivity contribution in [1.29, 1.82) is 0 Å². The molecular weight excluding hydrogens is 296 g/mol. The largest absolute Gasteiger partial charge is 0.495 e. The van der Waals surface area contributed by atoms with Gasteiger partial charge in [-0.3, -0.25) is 0 Å². The predicted octanol–water partition coefficient (Wildman–Crippen LogP) is 3.11. The molecule has 0 aromatic heterocycles. The second kappa shape index (κ2) is 7.17. The molecule has 6 nitrogen and oxygen atoms in total. The fourth-order valence-corrected chi connectivity index (χ4v) is 2.08. The molecule has 1 unspecified atom stereocenters. The molecule has 0 bridgehead atoms. The van der Waals surface area contributed by atoms with E-state index in [2.05, 4.69) is 10.6 Å². The number of anilines is 1. The molecule has 1 aromatic carbocycles. The summed E-state index contributed by atoms with van der Waals surface area (Å²) >= 11 is 5.87. The smallest absolute Gasteiger partial charge is 0.329 e. The standard InChI is InChI=1S/C14H19ClN2O4/c1-4-7-14(2,12(18)19)17-13(20)16-10-8-9(15)5-6-11(10)21-3/h5-6,8H,4,7H2,1-3H3,(H,18,19)(H2,16,17,20). The molecule has 1 atom stereocenters. The van der Waals surface area contributed by atoms with Crippen molar-refractivity contribution >= 4 is 29.3 Å². The van der Waals surface area contributed by atoms with E-state index in [1.54, 1.807) is 12.1 Å². The third-order valence-corrected chi connectivity index (χ3v) is 3.26. The zero-order valence-electron chi connectivity index (χ0n) is 12.2. The first-order chi connectivity index (χ1) is 9.82. The number of urea groups is 1. The lowest BCUT2D eigenvalue weighted by molar-refractivity contribution is -0.143. The van der Waals surface area contributed by atoms with Gasteiger partial charge in [-0.1, -0.05) is 24.9 Å². The molecule has 0 heterocycles. The van der Waals surface area contributed by atoms with Gasteiger partial charge in [-0.2, -0.15) is 0 Å². The van der Waals surface area contributed by atoms with Crippen LogP contribution < -0.4 is 15.4 Å². The quantitative estimate of drug-likeness (QED) is 0.753. The summed E-state index contributed by atoms with van der Waals surface area (Å²) in [4.78, 5) is 23.3. The second-order valence-corrected chi connectivity index (χ2v) is 5.25. The number of hydrogen-bond donors (Lipinski definition) is 3. The average Bonchev–Trinajstić information content (AvgIpc) is 2.38.